The quantitative estimate of drug-likeness (QED) is 0.653. The van der Waals surface area contributed by atoms with Crippen molar-refractivity contribution in [2.45, 2.75) is 38.5 Å². The Hall–Kier alpha value is -0.570. The Labute approximate surface area is 73.4 Å². The molecule has 1 amide bonds. The second-order valence-electron chi connectivity index (χ2n) is 3.42. The van der Waals surface area contributed by atoms with Crippen LogP contribution in [-0.4, -0.2) is 13.0 Å². The molecule has 0 spiro atoms. The van der Waals surface area contributed by atoms with Gasteiger partial charge in [0.1, 0.15) is 0 Å². The van der Waals surface area contributed by atoms with Crippen molar-refractivity contribution in [1.82, 2.24) is 5.48 Å². The topological polar surface area (TPSA) is 38.3 Å². The van der Waals surface area contributed by atoms with Crippen LogP contribution in [-0.2, 0) is 9.63 Å². The molecule has 1 rings (SSSR count). The van der Waals surface area contributed by atoms with Crippen molar-refractivity contribution in [1.29, 1.82) is 0 Å². The highest BCUT2D eigenvalue weighted by Crippen LogP contribution is 2.28. The predicted octanol–water partition coefficient (Wildman–Crippen LogP) is 1.63. The van der Waals surface area contributed by atoms with Gasteiger partial charge in [-0.15, -0.1) is 0 Å². The summed E-state index contributed by atoms with van der Waals surface area (Å²) in [6.45, 7) is 0. The Kier molecular flexibility index (Phi) is 4.08. The van der Waals surface area contributed by atoms with Gasteiger partial charge in [0, 0.05) is 6.42 Å². The van der Waals surface area contributed by atoms with Crippen molar-refractivity contribution in [2.24, 2.45) is 5.92 Å². The van der Waals surface area contributed by atoms with Crippen LogP contribution in [0.3, 0.4) is 0 Å². The largest absolute Gasteiger partial charge is 0.277 e. The second-order valence-corrected chi connectivity index (χ2v) is 3.42. The lowest BCUT2D eigenvalue weighted by Crippen LogP contribution is -2.21. The van der Waals surface area contributed by atoms with Crippen LogP contribution in [0.5, 0.6) is 0 Å². The van der Waals surface area contributed by atoms with Gasteiger partial charge in [0.2, 0.25) is 5.91 Å². The molecule has 0 aromatic rings. The summed E-state index contributed by atoms with van der Waals surface area (Å²) in [6, 6.07) is 0. The number of amides is 1. The highest BCUT2D eigenvalue weighted by molar-refractivity contribution is 5.74. The molecule has 0 aromatic heterocycles. The van der Waals surface area contributed by atoms with Gasteiger partial charge in [-0.2, -0.15) is 0 Å². The molecule has 1 aliphatic carbocycles. The van der Waals surface area contributed by atoms with Gasteiger partial charge in [-0.3, -0.25) is 9.63 Å². The molecule has 3 nitrogen and oxygen atoms in total. The molecule has 0 atom stereocenters. The van der Waals surface area contributed by atoms with Crippen LogP contribution in [0.15, 0.2) is 0 Å². The van der Waals surface area contributed by atoms with Crippen LogP contribution >= 0.6 is 0 Å². The fourth-order valence-electron chi connectivity index (χ4n) is 1.80. The van der Waals surface area contributed by atoms with Crippen LogP contribution in [0.25, 0.3) is 0 Å². The number of carbonyl (C=O) groups is 1. The Morgan fingerprint density at radius 2 is 2.17 bits per heavy atom. The van der Waals surface area contributed by atoms with E-state index in [1.54, 1.807) is 0 Å². The smallest absolute Gasteiger partial charge is 0.243 e. The third-order valence-corrected chi connectivity index (χ3v) is 2.47. The van der Waals surface area contributed by atoms with Crippen LogP contribution < -0.4 is 5.48 Å². The molecule has 12 heavy (non-hydrogen) atoms. The molecule has 3 heteroatoms. The zero-order valence-corrected chi connectivity index (χ0v) is 7.64. The van der Waals surface area contributed by atoms with Gasteiger partial charge >= 0.3 is 0 Å². The van der Waals surface area contributed by atoms with Crippen molar-refractivity contribution < 1.29 is 9.63 Å². The fourth-order valence-corrected chi connectivity index (χ4v) is 1.80. The summed E-state index contributed by atoms with van der Waals surface area (Å²) >= 11 is 0. The van der Waals surface area contributed by atoms with Gasteiger partial charge in [-0.05, 0) is 12.3 Å². The minimum atomic E-state index is 0.00407. The molecule has 0 saturated heterocycles. The lowest BCUT2D eigenvalue weighted by molar-refractivity contribution is -0.131. The highest BCUT2D eigenvalue weighted by Gasteiger charge is 2.15. The van der Waals surface area contributed by atoms with Crippen molar-refractivity contribution >= 4 is 5.91 Å². The number of hydrogen-bond donors (Lipinski definition) is 1. The molecular weight excluding hydrogens is 154 g/mol. The Balaban J connectivity index is 2.03. The summed E-state index contributed by atoms with van der Waals surface area (Å²) in [5.74, 6) is 0.789. The molecular formula is C9H17NO2. The van der Waals surface area contributed by atoms with E-state index in [1.165, 1.54) is 32.8 Å². The number of carbonyl (C=O) groups excluding carboxylic acids is 1. The minimum absolute atomic E-state index is 0.00407. The molecule has 1 fully saturated rings. The molecule has 0 aromatic carbocycles. The Morgan fingerprint density at radius 1 is 1.50 bits per heavy atom. The third kappa shape index (κ3) is 3.22. The molecule has 0 radical (unpaired) electrons. The highest BCUT2D eigenvalue weighted by atomic mass is 16.6. The maximum absolute atomic E-state index is 11.0. The van der Waals surface area contributed by atoms with E-state index in [2.05, 4.69) is 10.3 Å². The summed E-state index contributed by atoms with van der Waals surface area (Å²) < 4.78 is 0. The molecule has 70 valence electrons. The number of hydroxylamine groups is 1. The first kappa shape index (κ1) is 9.52. The monoisotopic (exact) mass is 171 g/mol. The molecule has 1 N–H and O–H groups in total. The zero-order chi connectivity index (χ0) is 8.81. The second kappa shape index (κ2) is 5.14. The van der Waals surface area contributed by atoms with Crippen molar-refractivity contribution in [3.05, 3.63) is 0 Å². The Bertz CT molecular complexity index is 141. The summed E-state index contributed by atoms with van der Waals surface area (Å²) in [6.07, 6.45) is 6.93. The lowest BCUT2D eigenvalue weighted by atomic mass is 10.0. The third-order valence-electron chi connectivity index (χ3n) is 2.47. The van der Waals surface area contributed by atoms with Gasteiger partial charge in [0.15, 0.2) is 0 Å². The molecule has 0 unspecified atom stereocenters. The van der Waals surface area contributed by atoms with E-state index in [9.17, 15) is 4.79 Å². The summed E-state index contributed by atoms with van der Waals surface area (Å²) in [7, 11) is 1.47. The number of hydrogen-bond acceptors (Lipinski definition) is 2. The maximum Gasteiger partial charge on any atom is 0.243 e. The Morgan fingerprint density at radius 3 is 2.75 bits per heavy atom. The maximum atomic E-state index is 11.0. The van der Waals surface area contributed by atoms with Gasteiger partial charge < -0.3 is 0 Å². The minimum Gasteiger partial charge on any atom is -0.277 e. The van der Waals surface area contributed by atoms with E-state index in [0.29, 0.717) is 6.42 Å². The van der Waals surface area contributed by atoms with Gasteiger partial charge in [0.05, 0.1) is 7.11 Å². The van der Waals surface area contributed by atoms with Gasteiger partial charge in [-0.1, -0.05) is 25.7 Å². The summed E-state index contributed by atoms with van der Waals surface area (Å²) in [4.78, 5) is 15.5. The molecule has 0 heterocycles. The zero-order valence-electron chi connectivity index (χ0n) is 7.64. The van der Waals surface area contributed by atoms with Gasteiger partial charge in [0.25, 0.3) is 0 Å². The van der Waals surface area contributed by atoms with Crippen LogP contribution in [0.4, 0.5) is 0 Å². The first-order valence-corrected chi connectivity index (χ1v) is 4.64. The summed E-state index contributed by atoms with van der Waals surface area (Å²) in [5, 5.41) is 0. The standard InChI is InChI=1S/C9H17NO2/c1-12-10-9(11)7-6-8-4-2-3-5-8/h8H,2-7H2,1H3,(H,10,11). The first-order valence-electron chi connectivity index (χ1n) is 4.64. The van der Waals surface area contributed by atoms with E-state index < -0.39 is 0 Å². The molecule has 1 aliphatic rings. The van der Waals surface area contributed by atoms with Gasteiger partial charge in [-0.25, -0.2) is 5.48 Å². The van der Waals surface area contributed by atoms with E-state index in [0.717, 1.165) is 12.3 Å². The number of nitrogens with one attached hydrogen (secondary N) is 1. The normalized spacial score (nSPS) is 18.1. The number of rotatable bonds is 4. The van der Waals surface area contributed by atoms with Crippen molar-refractivity contribution in [3.63, 3.8) is 0 Å². The van der Waals surface area contributed by atoms with E-state index in [4.69, 9.17) is 0 Å². The average Bonchev–Trinajstić information content (AvgIpc) is 2.53. The van der Waals surface area contributed by atoms with E-state index in [-0.39, 0.29) is 5.91 Å². The molecule has 0 aliphatic heterocycles. The average molecular weight is 171 g/mol. The van der Waals surface area contributed by atoms with Crippen LogP contribution in [0.1, 0.15) is 38.5 Å². The van der Waals surface area contributed by atoms with Crippen molar-refractivity contribution in [3.8, 4) is 0 Å². The predicted molar refractivity (Wildman–Crippen MR) is 46.3 cm³/mol. The lowest BCUT2D eigenvalue weighted by Gasteiger charge is -2.07. The first-order chi connectivity index (χ1) is 5.83. The van der Waals surface area contributed by atoms with Crippen molar-refractivity contribution in [2.75, 3.05) is 7.11 Å². The summed E-state index contributed by atoms with van der Waals surface area (Å²) in [5.41, 5.74) is 2.33. The SMILES string of the molecule is CONC(=O)CCC1CCCC1. The fraction of sp³-hybridized carbons (Fsp3) is 0.889. The van der Waals surface area contributed by atoms with E-state index >= 15 is 0 Å². The van der Waals surface area contributed by atoms with E-state index in [1.807, 2.05) is 0 Å². The molecule has 0 bridgehead atoms. The molecule has 1 saturated carbocycles. The van der Waals surface area contributed by atoms with Crippen LogP contribution in [0.2, 0.25) is 0 Å². The van der Waals surface area contributed by atoms with Crippen LogP contribution in [0, 0.1) is 5.92 Å².